The summed E-state index contributed by atoms with van der Waals surface area (Å²) in [6, 6.07) is 14.0. The predicted octanol–water partition coefficient (Wildman–Crippen LogP) is 3.13. The second kappa shape index (κ2) is 4.78. The lowest BCUT2D eigenvalue weighted by Gasteiger charge is -2.05. The lowest BCUT2D eigenvalue weighted by molar-refractivity contribution is -0.140. The van der Waals surface area contributed by atoms with Gasteiger partial charge in [-0.15, -0.1) is 0 Å². The van der Waals surface area contributed by atoms with Crippen molar-refractivity contribution in [3.63, 3.8) is 0 Å². The molecule has 86 valence electrons. The molecule has 0 aliphatic carbocycles. The van der Waals surface area contributed by atoms with Gasteiger partial charge in [-0.1, -0.05) is 47.6 Å². The van der Waals surface area contributed by atoms with Gasteiger partial charge in [-0.3, -0.25) is 0 Å². The van der Waals surface area contributed by atoms with E-state index in [1.54, 1.807) is 0 Å². The first-order chi connectivity index (χ1) is 8.18. The van der Waals surface area contributed by atoms with E-state index in [0.29, 0.717) is 5.71 Å². The Morgan fingerprint density at radius 3 is 2.53 bits per heavy atom. The van der Waals surface area contributed by atoms with Crippen molar-refractivity contribution < 1.29 is 9.63 Å². The largest absolute Gasteiger partial charge is 0.331 e. The number of nitrogens with zero attached hydrogens (tertiary/aromatic N) is 1. The summed E-state index contributed by atoms with van der Waals surface area (Å²) in [5, 5.41) is 6.05. The summed E-state index contributed by atoms with van der Waals surface area (Å²) in [7, 11) is 0. The zero-order chi connectivity index (χ0) is 12.3. The quantitative estimate of drug-likeness (QED) is 0.449. The fraction of sp³-hybridized carbons (Fsp3) is 0.143. The molecule has 0 saturated carbocycles. The van der Waals surface area contributed by atoms with Crippen LogP contribution >= 0.6 is 0 Å². The molecule has 0 bridgehead atoms. The fourth-order valence-corrected chi connectivity index (χ4v) is 1.72. The molecule has 0 atom stereocenters. The molecule has 0 unspecified atom stereocenters. The fourth-order valence-electron chi connectivity index (χ4n) is 1.72. The van der Waals surface area contributed by atoms with Gasteiger partial charge in [0.25, 0.3) is 0 Å². The molecule has 17 heavy (non-hydrogen) atoms. The Morgan fingerprint density at radius 2 is 1.76 bits per heavy atom. The Morgan fingerprint density at radius 1 is 1.06 bits per heavy atom. The monoisotopic (exact) mass is 227 g/mol. The van der Waals surface area contributed by atoms with Crippen LogP contribution in [0.1, 0.15) is 19.4 Å². The Labute approximate surface area is 99.7 Å². The smallest absolute Gasteiger partial charge is 0.318 e. The molecule has 0 heterocycles. The minimum Gasteiger partial charge on any atom is -0.318 e. The van der Waals surface area contributed by atoms with Crippen LogP contribution in [0, 0.1) is 0 Å². The average molecular weight is 227 g/mol. The van der Waals surface area contributed by atoms with E-state index < -0.39 is 5.97 Å². The molecule has 0 aromatic heterocycles. The van der Waals surface area contributed by atoms with Crippen LogP contribution in [0.15, 0.2) is 47.6 Å². The second-order valence-corrected chi connectivity index (χ2v) is 3.79. The lowest BCUT2D eigenvalue weighted by atomic mass is 10.0. The molecule has 0 radical (unpaired) electrons. The van der Waals surface area contributed by atoms with Gasteiger partial charge >= 0.3 is 5.97 Å². The molecule has 0 fully saturated rings. The normalized spacial score (nSPS) is 11.5. The number of oxime groups is 1. The SMILES string of the molecule is CC(=O)O/N=C(\C)c1cccc2ccccc12. The first kappa shape index (κ1) is 11.3. The van der Waals surface area contributed by atoms with Gasteiger partial charge in [-0.2, -0.15) is 0 Å². The third-order valence-electron chi connectivity index (χ3n) is 2.49. The van der Waals surface area contributed by atoms with Crippen LogP contribution in [0.2, 0.25) is 0 Å². The molecular weight excluding hydrogens is 214 g/mol. The van der Waals surface area contributed by atoms with Crippen molar-refractivity contribution in [2.24, 2.45) is 5.16 Å². The van der Waals surface area contributed by atoms with Crippen LogP contribution in [-0.2, 0) is 9.63 Å². The van der Waals surface area contributed by atoms with Gasteiger partial charge < -0.3 is 4.84 Å². The molecule has 3 heteroatoms. The second-order valence-electron chi connectivity index (χ2n) is 3.79. The van der Waals surface area contributed by atoms with Crippen molar-refractivity contribution in [3.8, 4) is 0 Å². The third kappa shape index (κ3) is 2.50. The summed E-state index contributed by atoms with van der Waals surface area (Å²) in [4.78, 5) is 15.4. The molecule has 0 aliphatic rings. The zero-order valence-corrected chi connectivity index (χ0v) is 9.81. The predicted molar refractivity (Wildman–Crippen MR) is 67.9 cm³/mol. The van der Waals surface area contributed by atoms with E-state index in [9.17, 15) is 4.79 Å². The van der Waals surface area contributed by atoms with Crippen LogP contribution < -0.4 is 0 Å². The Kier molecular flexibility index (Phi) is 3.19. The standard InChI is InChI=1S/C14H13NO2/c1-10(15-17-11(2)16)13-9-5-7-12-6-3-4-8-14(12)13/h3-9H,1-2H3/b15-10+. The molecule has 0 amide bonds. The van der Waals surface area contributed by atoms with Crippen LogP contribution in [0.25, 0.3) is 10.8 Å². The zero-order valence-electron chi connectivity index (χ0n) is 9.81. The summed E-state index contributed by atoms with van der Waals surface area (Å²) in [5.74, 6) is -0.412. The van der Waals surface area contributed by atoms with Gasteiger partial charge in [0.2, 0.25) is 0 Å². The van der Waals surface area contributed by atoms with Crippen LogP contribution in [0.3, 0.4) is 0 Å². The molecule has 0 saturated heterocycles. The highest BCUT2D eigenvalue weighted by atomic mass is 16.7. The molecule has 2 aromatic rings. The maximum Gasteiger partial charge on any atom is 0.331 e. The van der Waals surface area contributed by atoms with E-state index in [0.717, 1.165) is 16.3 Å². The molecular formula is C14H13NO2. The minimum atomic E-state index is -0.412. The van der Waals surface area contributed by atoms with Gasteiger partial charge in [-0.05, 0) is 17.7 Å². The number of benzene rings is 2. The summed E-state index contributed by atoms with van der Waals surface area (Å²) < 4.78 is 0. The van der Waals surface area contributed by atoms with Crippen molar-refractivity contribution in [3.05, 3.63) is 48.0 Å². The Balaban J connectivity index is 2.48. The first-order valence-corrected chi connectivity index (χ1v) is 5.39. The van der Waals surface area contributed by atoms with E-state index in [2.05, 4.69) is 9.99 Å². The Hall–Kier alpha value is -2.16. The van der Waals surface area contributed by atoms with Crippen molar-refractivity contribution in [2.75, 3.05) is 0 Å². The van der Waals surface area contributed by atoms with Gasteiger partial charge in [0.05, 0.1) is 5.71 Å². The summed E-state index contributed by atoms with van der Waals surface area (Å²) >= 11 is 0. The van der Waals surface area contributed by atoms with Crippen molar-refractivity contribution >= 4 is 22.5 Å². The summed E-state index contributed by atoms with van der Waals surface area (Å²) in [5.41, 5.74) is 1.67. The molecule has 0 N–H and O–H groups in total. The topological polar surface area (TPSA) is 38.7 Å². The van der Waals surface area contributed by atoms with Gasteiger partial charge in [0.15, 0.2) is 0 Å². The highest BCUT2D eigenvalue weighted by molar-refractivity contribution is 6.09. The van der Waals surface area contributed by atoms with E-state index in [1.165, 1.54) is 6.92 Å². The summed E-state index contributed by atoms with van der Waals surface area (Å²) in [6.45, 7) is 3.16. The number of carbonyl (C=O) groups excluding carboxylic acids is 1. The van der Waals surface area contributed by atoms with Crippen LogP contribution in [0.4, 0.5) is 0 Å². The number of rotatable bonds is 2. The van der Waals surface area contributed by atoms with E-state index in [-0.39, 0.29) is 0 Å². The average Bonchev–Trinajstić information content (AvgIpc) is 2.35. The van der Waals surface area contributed by atoms with Crippen molar-refractivity contribution in [2.45, 2.75) is 13.8 Å². The van der Waals surface area contributed by atoms with E-state index >= 15 is 0 Å². The summed E-state index contributed by atoms with van der Waals surface area (Å²) in [6.07, 6.45) is 0. The van der Waals surface area contributed by atoms with Crippen LogP contribution in [-0.4, -0.2) is 11.7 Å². The number of carbonyl (C=O) groups is 1. The number of fused-ring (bicyclic) bond motifs is 1. The highest BCUT2D eigenvalue weighted by Gasteiger charge is 2.04. The maximum atomic E-state index is 10.7. The molecule has 3 nitrogen and oxygen atoms in total. The van der Waals surface area contributed by atoms with Crippen molar-refractivity contribution in [1.82, 2.24) is 0 Å². The molecule has 0 aliphatic heterocycles. The number of hydrogen-bond acceptors (Lipinski definition) is 3. The molecule has 2 aromatic carbocycles. The lowest BCUT2D eigenvalue weighted by Crippen LogP contribution is -2.00. The molecule has 0 spiro atoms. The first-order valence-electron chi connectivity index (χ1n) is 5.39. The van der Waals surface area contributed by atoms with E-state index in [4.69, 9.17) is 0 Å². The minimum absolute atomic E-state index is 0.412. The Bertz CT molecular complexity index is 582. The maximum absolute atomic E-state index is 10.7. The van der Waals surface area contributed by atoms with E-state index in [1.807, 2.05) is 49.4 Å². The van der Waals surface area contributed by atoms with Gasteiger partial charge in [0, 0.05) is 12.5 Å². The van der Waals surface area contributed by atoms with Gasteiger partial charge in [-0.25, -0.2) is 4.79 Å². The third-order valence-corrected chi connectivity index (χ3v) is 2.49. The van der Waals surface area contributed by atoms with Crippen LogP contribution in [0.5, 0.6) is 0 Å². The highest BCUT2D eigenvalue weighted by Crippen LogP contribution is 2.19. The number of hydrogen-bond donors (Lipinski definition) is 0. The van der Waals surface area contributed by atoms with Crippen molar-refractivity contribution in [1.29, 1.82) is 0 Å². The van der Waals surface area contributed by atoms with Gasteiger partial charge in [0.1, 0.15) is 0 Å². The molecule has 2 rings (SSSR count).